The Morgan fingerprint density at radius 3 is 2.63 bits per heavy atom. The molecule has 0 unspecified atom stereocenters. The van der Waals surface area contributed by atoms with E-state index in [4.69, 9.17) is 0 Å². The summed E-state index contributed by atoms with van der Waals surface area (Å²) in [6.45, 7) is 0.289. The first-order valence-corrected chi connectivity index (χ1v) is 10.8. The van der Waals surface area contributed by atoms with Gasteiger partial charge in [-0.2, -0.15) is 0 Å². The summed E-state index contributed by atoms with van der Waals surface area (Å²) in [6, 6.07) is 8.05. The van der Waals surface area contributed by atoms with Gasteiger partial charge in [-0.3, -0.25) is 14.5 Å². The highest BCUT2D eigenvalue weighted by molar-refractivity contribution is 7.91. The second-order valence-electron chi connectivity index (χ2n) is 6.93. The summed E-state index contributed by atoms with van der Waals surface area (Å²) in [5.41, 5.74) is 1.03. The molecule has 0 spiro atoms. The van der Waals surface area contributed by atoms with E-state index < -0.39 is 21.9 Å². The van der Waals surface area contributed by atoms with Crippen molar-refractivity contribution in [3.05, 3.63) is 35.9 Å². The van der Waals surface area contributed by atoms with Crippen LogP contribution in [0.15, 0.2) is 30.3 Å². The molecule has 2 fully saturated rings. The Morgan fingerprint density at radius 1 is 1.22 bits per heavy atom. The van der Waals surface area contributed by atoms with E-state index in [0.717, 1.165) is 5.56 Å². The third-order valence-electron chi connectivity index (χ3n) is 4.83. The number of rotatable bonds is 7. The van der Waals surface area contributed by atoms with Gasteiger partial charge in [0.25, 0.3) is 5.91 Å². The lowest BCUT2D eigenvalue weighted by Gasteiger charge is -2.14. The standard InChI is InChI=1S/C18H23N3O5S/c22-16(19-14-9-11-27(25,26)12-14)7-6-15-17(23)21(18(24)20-15)10-8-13-4-2-1-3-5-13/h1-5,14-15H,6-12H2,(H,19,22)(H,20,24)/t14-,15+/m0/s1. The largest absolute Gasteiger partial charge is 0.352 e. The van der Waals surface area contributed by atoms with Crippen LogP contribution in [0.25, 0.3) is 0 Å². The maximum atomic E-state index is 12.4. The number of hydrogen-bond donors (Lipinski definition) is 2. The molecule has 2 N–H and O–H groups in total. The molecule has 0 bridgehead atoms. The molecule has 2 saturated heterocycles. The number of carbonyl (C=O) groups excluding carboxylic acids is 3. The summed E-state index contributed by atoms with van der Waals surface area (Å²) in [5, 5.41) is 5.30. The third kappa shape index (κ3) is 5.06. The van der Waals surface area contributed by atoms with E-state index in [1.54, 1.807) is 0 Å². The number of nitrogens with zero attached hydrogens (tertiary/aromatic N) is 1. The average Bonchev–Trinajstić information content (AvgIpc) is 3.10. The molecule has 8 nitrogen and oxygen atoms in total. The predicted molar refractivity (Wildman–Crippen MR) is 98.6 cm³/mol. The van der Waals surface area contributed by atoms with Crippen molar-refractivity contribution in [1.82, 2.24) is 15.5 Å². The first kappa shape index (κ1) is 19.3. The number of nitrogens with one attached hydrogen (secondary N) is 2. The van der Waals surface area contributed by atoms with Crippen LogP contribution in [-0.2, 0) is 25.8 Å². The summed E-state index contributed by atoms with van der Waals surface area (Å²) in [7, 11) is -3.06. The van der Waals surface area contributed by atoms with Crippen molar-refractivity contribution in [3.8, 4) is 0 Å². The summed E-state index contributed by atoms with van der Waals surface area (Å²) in [5.74, 6) is -0.578. The molecule has 0 radical (unpaired) electrons. The second kappa shape index (κ2) is 8.08. The van der Waals surface area contributed by atoms with Gasteiger partial charge < -0.3 is 10.6 Å². The van der Waals surface area contributed by atoms with Crippen LogP contribution in [0.3, 0.4) is 0 Å². The normalized spacial score (nSPS) is 24.1. The SMILES string of the molecule is O=C(CC[C@H]1NC(=O)N(CCc2ccccc2)C1=O)N[C@H]1CCS(=O)(=O)C1. The van der Waals surface area contributed by atoms with Crippen LogP contribution in [0.2, 0.25) is 0 Å². The predicted octanol–water partition coefficient (Wildman–Crippen LogP) is 0.233. The van der Waals surface area contributed by atoms with E-state index in [2.05, 4.69) is 10.6 Å². The van der Waals surface area contributed by atoms with Crippen molar-refractivity contribution in [2.45, 2.75) is 37.8 Å². The highest BCUT2D eigenvalue weighted by Crippen LogP contribution is 2.14. The van der Waals surface area contributed by atoms with Gasteiger partial charge in [-0.05, 0) is 24.8 Å². The molecule has 1 aromatic rings. The maximum absolute atomic E-state index is 12.4. The Morgan fingerprint density at radius 2 is 1.96 bits per heavy atom. The Kier molecular flexibility index (Phi) is 5.79. The number of amides is 4. The van der Waals surface area contributed by atoms with Gasteiger partial charge in [0.1, 0.15) is 6.04 Å². The monoisotopic (exact) mass is 393 g/mol. The third-order valence-corrected chi connectivity index (χ3v) is 6.60. The van der Waals surface area contributed by atoms with Crippen LogP contribution < -0.4 is 10.6 Å². The molecule has 2 aliphatic heterocycles. The van der Waals surface area contributed by atoms with E-state index in [1.165, 1.54) is 4.90 Å². The summed E-state index contributed by atoms with van der Waals surface area (Å²) >= 11 is 0. The topological polar surface area (TPSA) is 113 Å². The highest BCUT2D eigenvalue weighted by Gasteiger charge is 2.37. The Labute approximate surface area is 158 Å². The molecule has 146 valence electrons. The minimum atomic E-state index is -3.06. The first-order chi connectivity index (χ1) is 12.8. The number of imide groups is 1. The fraction of sp³-hybridized carbons (Fsp3) is 0.500. The quantitative estimate of drug-likeness (QED) is 0.644. The molecule has 9 heteroatoms. The fourth-order valence-electron chi connectivity index (χ4n) is 3.35. The van der Waals surface area contributed by atoms with E-state index >= 15 is 0 Å². The average molecular weight is 393 g/mol. The first-order valence-electron chi connectivity index (χ1n) is 9.00. The van der Waals surface area contributed by atoms with Gasteiger partial charge in [0.15, 0.2) is 9.84 Å². The summed E-state index contributed by atoms with van der Waals surface area (Å²) in [6.07, 6.45) is 1.24. The van der Waals surface area contributed by atoms with E-state index in [1.807, 2.05) is 30.3 Å². The summed E-state index contributed by atoms with van der Waals surface area (Å²) < 4.78 is 22.8. The van der Waals surface area contributed by atoms with Gasteiger partial charge in [-0.1, -0.05) is 30.3 Å². The second-order valence-corrected chi connectivity index (χ2v) is 9.16. The zero-order chi connectivity index (χ0) is 19.4. The molecule has 0 saturated carbocycles. The zero-order valence-corrected chi connectivity index (χ0v) is 15.7. The van der Waals surface area contributed by atoms with E-state index in [0.29, 0.717) is 12.8 Å². The van der Waals surface area contributed by atoms with Gasteiger partial charge in [0.2, 0.25) is 5.91 Å². The fourth-order valence-corrected chi connectivity index (χ4v) is 5.03. The zero-order valence-electron chi connectivity index (χ0n) is 14.9. The van der Waals surface area contributed by atoms with Crippen LogP contribution in [0.1, 0.15) is 24.8 Å². The molecule has 0 aliphatic carbocycles. The number of sulfone groups is 1. The molecule has 2 aliphatic rings. The molecule has 27 heavy (non-hydrogen) atoms. The van der Waals surface area contributed by atoms with Crippen molar-refractivity contribution >= 4 is 27.7 Å². The Balaban J connectivity index is 1.45. The molecule has 3 rings (SSSR count). The summed E-state index contributed by atoms with van der Waals surface area (Å²) in [4.78, 5) is 37.6. The van der Waals surface area contributed by atoms with Crippen molar-refractivity contribution in [2.24, 2.45) is 0 Å². The van der Waals surface area contributed by atoms with Gasteiger partial charge in [-0.25, -0.2) is 13.2 Å². The Bertz CT molecular complexity index is 825. The highest BCUT2D eigenvalue weighted by atomic mass is 32.2. The van der Waals surface area contributed by atoms with Crippen molar-refractivity contribution in [3.63, 3.8) is 0 Å². The van der Waals surface area contributed by atoms with Crippen LogP contribution >= 0.6 is 0 Å². The molecule has 2 atom stereocenters. The number of hydrogen-bond acceptors (Lipinski definition) is 5. The molecule has 1 aromatic carbocycles. The van der Waals surface area contributed by atoms with Crippen LogP contribution in [-0.4, -0.2) is 61.3 Å². The van der Waals surface area contributed by atoms with Crippen molar-refractivity contribution < 1.29 is 22.8 Å². The number of urea groups is 1. The van der Waals surface area contributed by atoms with Crippen LogP contribution in [0.4, 0.5) is 4.79 Å². The smallest absolute Gasteiger partial charge is 0.324 e. The van der Waals surface area contributed by atoms with Crippen LogP contribution in [0, 0.1) is 0 Å². The molecule has 2 heterocycles. The van der Waals surface area contributed by atoms with Gasteiger partial charge in [-0.15, -0.1) is 0 Å². The van der Waals surface area contributed by atoms with Gasteiger partial charge in [0.05, 0.1) is 11.5 Å². The van der Waals surface area contributed by atoms with Gasteiger partial charge >= 0.3 is 6.03 Å². The molecule has 0 aromatic heterocycles. The maximum Gasteiger partial charge on any atom is 0.324 e. The lowest BCUT2D eigenvalue weighted by Crippen LogP contribution is -2.37. The van der Waals surface area contributed by atoms with Crippen molar-refractivity contribution in [2.75, 3.05) is 18.1 Å². The minimum absolute atomic E-state index is 0.0366. The lowest BCUT2D eigenvalue weighted by molar-refractivity contribution is -0.127. The van der Waals surface area contributed by atoms with E-state index in [9.17, 15) is 22.8 Å². The molecular formula is C18H23N3O5S. The van der Waals surface area contributed by atoms with E-state index in [-0.39, 0.29) is 48.7 Å². The molecule has 4 amide bonds. The number of benzene rings is 1. The molecular weight excluding hydrogens is 370 g/mol. The minimum Gasteiger partial charge on any atom is -0.352 e. The number of carbonyl (C=O) groups is 3. The Hall–Kier alpha value is -2.42. The van der Waals surface area contributed by atoms with Crippen LogP contribution in [0.5, 0.6) is 0 Å². The van der Waals surface area contributed by atoms with Crippen molar-refractivity contribution in [1.29, 1.82) is 0 Å². The lowest BCUT2D eigenvalue weighted by atomic mass is 10.1. The van der Waals surface area contributed by atoms with Gasteiger partial charge in [0, 0.05) is 19.0 Å².